The molecule has 1 aliphatic rings. The van der Waals surface area contributed by atoms with E-state index in [1.807, 2.05) is 54.8 Å². The van der Waals surface area contributed by atoms with Crippen molar-refractivity contribution >= 4 is 50.9 Å². The summed E-state index contributed by atoms with van der Waals surface area (Å²) in [6.07, 6.45) is 2.25. The standard InChI is InChI=1S/C18H17BrN2O2S/c1-24-14-8-6-13(7-9-14)21-11-12(10-17(21)22)18(23)20-16-5-3-2-4-15(16)19/h2-9,12H,10-11H2,1H3,(H,20,23). The molecule has 0 saturated carbocycles. The maximum atomic E-state index is 12.5. The van der Waals surface area contributed by atoms with Crippen molar-refractivity contribution in [3.8, 4) is 0 Å². The molecule has 0 aliphatic carbocycles. The van der Waals surface area contributed by atoms with E-state index in [1.165, 1.54) is 0 Å². The summed E-state index contributed by atoms with van der Waals surface area (Å²) in [6.45, 7) is 0.410. The van der Waals surface area contributed by atoms with E-state index in [9.17, 15) is 9.59 Å². The first-order valence-electron chi connectivity index (χ1n) is 7.58. The SMILES string of the molecule is CSc1ccc(N2CC(C(=O)Nc3ccccc3Br)CC2=O)cc1. The summed E-state index contributed by atoms with van der Waals surface area (Å²) in [5.74, 6) is -0.484. The van der Waals surface area contributed by atoms with Gasteiger partial charge in [0.25, 0.3) is 0 Å². The molecule has 2 aromatic carbocycles. The van der Waals surface area contributed by atoms with E-state index >= 15 is 0 Å². The molecule has 2 aromatic rings. The number of anilines is 2. The minimum Gasteiger partial charge on any atom is -0.325 e. The van der Waals surface area contributed by atoms with Crippen molar-refractivity contribution in [2.24, 2.45) is 5.92 Å². The van der Waals surface area contributed by atoms with Crippen LogP contribution in [-0.4, -0.2) is 24.6 Å². The first-order valence-corrected chi connectivity index (χ1v) is 9.60. The van der Waals surface area contributed by atoms with Crippen LogP contribution in [0.4, 0.5) is 11.4 Å². The third kappa shape index (κ3) is 3.65. The second-order valence-corrected chi connectivity index (χ2v) is 7.31. The lowest BCUT2D eigenvalue weighted by atomic mass is 10.1. The maximum absolute atomic E-state index is 12.5. The van der Waals surface area contributed by atoms with Crippen molar-refractivity contribution < 1.29 is 9.59 Å². The summed E-state index contributed by atoms with van der Waals surface area (Å²) in [4.78, 5) is 27.6. The van der Waals surface area contributed by atoms with Gasteiger partial charge in [-0.15, -0.1) is 11.8 Å². The Labute approximate surface area is 153 Å². The number of para-hydroxylation sites is 1. The van der Waals surface area contributed by atoms with Crippen LogP contribution in [-0.2, 0) is 9.59 Å². The Bertz CT molecular complexity index is 764. The molecule has 124 valence electrons. The van der Waals surface area contributed by atoms with Crippen LogP contribution in [0.2, 0.25) is 0 Å². The molecule has 1 atom stereocenters. The van der Waals surface area contributed by atoms with Gasteiger partial charge >= 0.3 is 0 Å². The molecule has 1 fully saturated rings. The lowest BCUT2D eigenvalue weighted by Gasteiger charge is -2.17. The predicted octanol–water partition coefficient (Wildman–Crippen LogP) is 4.16. The Hall–Kier alpha value is -1.79. The maximum Gasteiger partial charge on any atom is 0.229 e. The summed E-state index contributed by atoms with van der Waals surface area (Å²) in [5, 5.41) is 2.89. The molecule has 1 N–H and O–H groups in total. The van der Waals surface area contributed by atoms with Gasteiger partial charge in [0.1, 0.15) is 0 Å². The van der Waals surface area contributed by atoms with E-state index in [0.717, 1.165) is 20.7 Å². The number of thioether (sulfide) groups is 1. The average Bonchev–Trinajstić information content (AvgIpc) is 2.99. The number of amides is 2. The number of nitrogens with one attached hydrogen (secondary N) is 1. The van der Waals surface area contributed by atoms with Crippen LogP contribution in [0.1, 0.15) is 6.42 Å². The van der Waals surface area contributed by atoms with Gasteiger partial charge in [0.2, 0.25) is 11.8 Å². The summed E-state index contributed by atoms with van der Waals surface area (Å²) in [5.41, 5.74) is 1.56. The fraction of sp³-hybridized carbons (Fsp3) is 0.222. The van der Waals surface area contributed by atoms with Crippen molar-refractivity contribution in [3.05, 3.63) is 53.0 Å². The largest absolute Gasteiger partial charge is 0.325 e. The van der Waals surface area contributed by atoms with Crippen molar-refractivity contribution in [1.29, 1.82) is 0 Å². The van der Waals surface area contributed by atoms with Gasteiger partial charge in [0, 0.05) is 28.0 Å². The van der Waals surface area contributed by atoms with E-state index < -0.39 is 0 Å². The minimum absolute atomic E-state index is 0.0146. The second-order valence-electron chi connectivity index (χ2n) is 5.57. The molecule has 1 heterocycles. The van der Waals surface area contributed by atoms with Crippen molar-refractivity contribution in [2.45, 2.75) is 11.3 Å². The number of nitrogens with zero attached hydrogens (tertiary/aromatic N) is 1. The quantitative estimate of drug-likeness (QED) is 0.778. The number of rotatable bonds is 4. The van der Waals surface area contributed by atoms with Crippen LogP contribution in [0.5, 0.6) is 0 Å². The molecule has 1 aliphatic heterocycles. The van der Waals surface area contributed by atoms with Crippen molar-refractivity contribution in [2.75, 3.05) is 23.0 Å². The van der Waals surface area contributed by atoms with E-state index in [2.05, 4.69) is 21.2 Å². The number of halogens is 1. The third-order valence-corrected chi connectivity index (χ3v) is 5.45. The lowest BCUT2D eigenvalue weighted by Crippen LogP contribution is -2.28. The molecule has 0 spiro atoms. The highest BCUT2D eigenvalue weighted by molar-refractivity contribution is 9.10. The van der Waals surface area contributed by atoms with Crippen LogP contribution < -0.4 is 10.2 Å². The highest BCUT2D eigenvalue weighted by Crippen LogP contribution is 2.28. The van der Waals surface area contributed by atoms with Gasteiger partial charge in [-0.2, -0.15) is 0 Å². The van der Waals surface area contributed by atoms with Crippen molar-refractivity contribution in [3.63, 3.8) is 0 Å². The van der Waals surface area contributed by atoms with E-state index in [4.69, 9.17) is 0 Å². The van der Waals surface area contributed by atoms with Gasteiger partial charge < -0.3 is 10.2 Å². The summed E-state index contributed by atoms with van der Waals surface area (Å²) in [7, 11) is 0. The Morgan fingerprint density at radius 1 is 1.21 bits per heavy atom. The molecule has 0 aromatic heterocycles. The molecule has 6 heteroatoms. The Kier molecular flexibility index (Phi) is 5.26. The van der Waals surface area contributed by atoms with Gasteiger partial charge in [-0.25, -0.2) is 0 Å². The molecule has 0 radical (unpaired) electrons. The van der Waals surface area contributed by atoms with Crippen LogP contribution in [0.25, 0.3) is 0 Å². The molecular weight excluding hydrogens is 388 g/mol. The third-order valence-electron chi connectivity index (χ3n) is 4.01. The second kappa shape index (κ2) is 7.40. The topological polar surface area (TPSA) is 49.4 Å². The summed E-state index contributed by atoms with van der Waals surface area (Å²) >= 11 is 5.07. The fourth-order valence-electron chi connectivity index (χ4n) is 2.69. The van der Waals surface area contributed by atoms with Gasteiger partial charge in [-0.1, -0.05) is 12.1 Å². The molecule has 1 saturated heterocycles. The van der Waals surface area contributed by atoms with Crippen LogP contribution in [0.3, 0.4) is 0 Å². The molecule has 3 rings (SSSR count). The highest BCUT2D eigenvalue weighted by atomic mass is 79.9. The highest BCUT2D eigenvalue weighted by Gasteiger charge is 2.35. The van der Waals surface area contributed by atoms with Crippen molar-refractivity contribution in [1.82, 2.24) is 0 Å². The average molecular weight is 405 g/mol. The zero-order valence-corrected chi connectivity index (χ0v) is 15.6. The van der Waals surface area contributed by atoms with E-state index in [1.54, 1.807) is 16.7 Å². The van der Waals surface area contributed by atoms with Crippen LogP contribution in [0.15, 0.2) is 57.9 Å². The molecule has 24 heavy (non-hydrogen) atoms. The zero-order chi connectivity index (χ0) is 17.1. The number of benzene rings is 2. The molecular formula is C18H17BrN2O2S. The fourth-order valence-corrected chi connectivity index (χ4v) is 3.48. The van der Waals surface area contributed by atoms with E-state index in [-0.39, 0.29) is 24.2 Å². The minimum atomic E-state index is -0.343. The first kappa shape index (κ1) is 17.0. The molecule has 0 bridgehead atoms. The van der Waals surface area contributed by atoms with Gasteiger partial charge in [-0.05, 0) is 58.6 Å². The van der Waals surface area contributed by atoms with Gasteiger partial charge in [-0.3, -0.25) is 9.59 Å². The number of hydrogen-bond acceptors (Lipinski definition) is 3. The molecule has 1 unspecified atom stereocenters. The molecule has 4 nitrogen and oxygen atoms in total. The zero-order valence-electron chi connectivity index (χ0n) is 13.2. The normalized spacial score (nSPS) is 17.2. The van der Waals surface area contributed by atoms with Gasteiger partial charge in [0.05, 0.1) is 11.6 Å². The Morgan fingerprint density at radius 2 is 1.92 bits per heavy atom. The monoisotopic (exact) mass is 404 g/mol. The number of hydrogen-bond donors (Lipinski definition) is 1. The predicted molar refractivity (Wildman–Crippen MR) is 101 cm³/mol. The van der Waals surface area contributed by atoms with E-state index in [0.29, 0.717) is 6.54 Å². The van der Waals surface area contributed by atoms with Crippen LogP contribution in [0, 0.1) is 5.92 Å². The summed E-state index contributed by atoms with van der Waals surface area (Å²) < 4.78 is 0.826. The van der Waals surface area contributed by atoms with Crippen LogP contribution >= 0.6 is 27.7 Å². The summed E-state index contributed by atoms with van der Waals surface area (Å²) in [6, 6.07) is 15.3. The number of carbonyl (C=O) groups excluding carboxylic acids is 2. The first-order chi connectivity index (χ1) is 11.6. The van der Waals surface area contributed by atoms with Gasteiger partial charge in [0.15, 0.2) is 0 Å². The Morgan fingerprint density at radius 3 is 2.58 bits per heavy atom. The lowest BCUT2D eigenvalue weighted by molar-refractivity contribution is -0.122. The number of carbonyl (C=O) groups is 2. The molecule has 2 amide bonds. The Balaban J connectivity index is 1.69. The smallest absolute Gasteiger partial charge is 0.229 e.